The number of anilines is 1. The fourth-order valence-corrected chi connectivity index (χ4v) is 2.42. The van der Waals surface area contributed by atoms with Gasteiger partial charge in [-0.25, -0.2) is 14.6 Å². The number of nitrogens with one attached hydrogen (secondary N) is 1. The molecule has 8 heteroatoms. The molecule has 8 nitrogen and oxygen atoms in total. The molecule has 0 aliphatic heterocycles. The van der Waals surface area contributed by atoms with E-state index in [2.05, 4.69) is 15.0 Å². The summed E-state index contributed by atoms with van der Waals surface area (Å²) < 4.78 is 15.1. The Hall–Kier alpha value is -3.03. The molecular formula is C17H19N3O5. The predicted octanol–water partition coefficient (Wildman–Crippen LogP) is 2.67. The van der Waals surface area contributed by atoms with Gasteiger partial charge in [-0.2, -0.15) is 0 Å². The molecule has 0 unspecified atom stereocenters. The lowest BCUT2D eigenvalue weighted by Gasteiger charge is -2.22. The normalized spacial score (nSPS) is 13.2. The molecule has 2 aromatic rings. The van der Waals surface area contributed by atoms with E-state index < -0.39 is 5.97 Å². The molecule has 1 saturated carbocycles. The summed E-state index contributed by atoms with van der Waals surface area (Å²) in [5.41, 5.74) is 0.668. The maximum absolute atomic E-state index is 12.7. The first-order valence-electron chi connectivity index (χ1n) is 7.85. The van der Waals surface area contributed by atoms with Gasteiger partial charge in [0.15, 0.2) is 5.69 Å². The number of rotatable bonds is 6. The highest BCUT2D eigenvalue weighted by atomic mass is 16.5. The molecule has 0 atom stereocenters. The van der Waals surface area contributed by atoms with Gasteiger partial charge in [-0.3, -0.25) is 0 Å². The molecular weight excluding hydrogens is 326 g/mol. The number of oxazole rings is 1. The molecule has 0 spiro atoms. The van der Waals surface area contributed by atoms with Crippen LogP contribution in [0.5, 0.6) is 5.75 Å². The van der Waals surface area contributed by atoms with Crippen LogP contribution in [-0.2, 0) is 11.3 Å². The Balaban J connectivity index is 1.71. The molecule has 3 rings (SSSR count). The fourth-order valence-electron chi connectivity index (χ4n) is 2.42. The van der Waals surface area contributed by atoms with Crippen LogP contribution in [0.4, 0.5) is 10.5 Å². The third-order valence-corrected chi connectivity index (χ3v) is 3.85. The molecule has 1 fully saturated rings. The Morgan fingerprint density at radius 1 is 1.32 bits per heavy atom. The van der Waals surface area contributed by atoms with Crippen LogP contribution in [0.2, 0.25) is 0 Å². The number of hydrogen-bond donors (Lipinski definition) is 1. The van der Waals surface area contributed by atoms with Crippen molar-refractivity contribution in [2.75, 3.05) is 19.5 Å². The number of urea groups is 1. The monoisotopic (exact) mass is 345 g/mol. The van der Waals surface area contributed by atoms with Crippen molar-refractivity contribution in [3.63, 3.8) is 0 Å². The second kappa shape index (κ2) is 7.25. The van der Waals surface area contributed by atoms with Gasteiger partial charge in [-0.15, -0.1) is 0 Å². The van der Waals surface area contributed by atoms with Gasteiger partial charge in [0, 0.05) is 6.04 Å². The van der Waals surface area contributed by atoms with Gasteiger partial charge in [0.25, 0.3) is 0 Å². The summed E-state index contributed by atoms with van der Waals surface area (Å²) in [5, 5.41) is 2.84. The zero-order chi connectivity index (χ0) is 17.8. The van der Waals surface area contributed by atoms with E-state index in [9.17, 15) is 9.59 Å². The van der Waals surface area contributed by atoms with E-state index in [0.29, 0.717) is 11.4 Å². The van der Waals surface area contributed by atoms with Crippen molar-refractivity contribution in [2.24, 2.45) is 0 Å². The maximum Gasteiger partial charge on any atom is 0.360 e. The standard InChI is InChI=1S/C17H19N3O5/c1-23-14-6-4-3-5-12(14)19-17(22)20(11-7-8-11)9-15-18-13(10-25-15)16(21)24-2/h3-6,10-11H,7-9H2,1-2H3,(H,19,22). The first kappa shape index (κ1) is 16.8. The first-order chi connectivity index (χ1) is 12.1. The number of amides is 2. The number of methoxy groups -OCH3 is 2. The third-order valence-electron chi connectivity index (χ3n) is 3.85. The number of carbonyl (C=O) groups is 2. The number of benzene rings is 1. The van der Waals surface area contributed by atoms with Crippen molar-refractivity contribution < 1.29 is 23.5 Å². The predicted molar refractivity (Wildman–Crippen MR) is 88.4 cm³/mol. The fraction of sp³-hybridized carbons (Fsp3) is 0.353. The average molecular weight is 345 g/mol. The highest BCUT2D eigenvalue weighted by molar-refractivity contribution is 5.91. The molecule has 1 N–H and O–H groups in total. The maximum atomic E-state index is 12.7. The van der Waals surface area contributed by atoms with E-state index in [1.54, 1.807) is 24.1 Å². The highest BCUT2D eigenvalue weighted by Crippen LogP contribution is 2.30. The second-order valence-electron chi connectivity index (χ2n) is 5.61. The van der Waals surface area contributed by atoms with E-state index >= 15 is 0 Å². The Labute approximate surface area is 144 Å². The molecule has 1 aromatic carbocycles. The smallest absolute Gasteiger partial charge is 0.360 e. The SMILES string of the molecule is COC(=O)c1coc(CN(C(=O)Nc2ccccc2OC)C2CC2)n1. The van der Waals surface area contributed by atoms with Crippen LogP contribution in [0.25, 0.3) is 0 Å². The Bertz CT molecular complexity index is 769. The molecule has 0 saturated heterocycles. The number of hydrogen-bond acceptors (Lipinski definition) is 6. The molecule has 25 heavy (non-hydrogen) atoms. The molecule has 132 valence electrons. The zero-order valence-corrected chi connectivity index (χ0v) is 14.0. The first-order valence-corrected chi connectivity index (χ1v) is 7.85. The molecule has 0 radical (unpaired) electrons. The number of para-hydroxylation sites is 2. The van der Waals surface area contributed by atoms with Gasteiger partial charge < -0.3 is 24.1 Å². The molecule has 1 heterocycles. The van der Waals surface area contributed by atoms with Crippen LogP contribution in [0.15, 0.2) is 34.9 Å². The van der Waals surface area contributed by atoms with Crippen molar-refractivity contribution in [2.45, 2.75) is 25.4 Å². The van der Waals surface area contributed by atoms with Crippen LogP contribution < -0.4 is 10.1 Å². The summed E-state index contributed by atoms with van der Waals surface area (Å²) in [5.74, 6) is 0.282. The molecule has 1 aliphatic carbocycles. The molecule has 2 amide bonds. The molecule has 0 bridgehead atoms. The largest absolute Gasteiger partial charge is 0.495 e. The quantitative estimate of drug-likeness (QED) is 0.809. The number of aromatic nitrogens is 1. The average Bonchev–Trinajstić information content (AvgIpc) is 3.37. The van der Waals surface area contributed by atoms with E-state index in [4.69, 9.17) is 9.15 Å². The zero-order valence-electron chi connectivity index (χ0n) is 14.0. The van der Waals surface area contributed by atoms with Gasteiger partial charge in [0.1, 0.15) is 12.0 Å². The van der Waals surface area contributed by atoms with E-state index in [1.165, 1.54) is 13.4 Å². The van der Waals surface area contributed by atoms with Crippen molar-refractivity contribution in [1.82, 2.24) is 9.88 Å². The minimum absolute atomic E-state index is 0.0818. The number of carbonyl (C=O) groups excluding carboxylic acids is 2. The number of ether oxygens (including phenoxy) is 2. The third kappa shape index (κ3) is 3.90. The molecule has 1 aromatic heterocycles. The Morgan fingerprint density at radius 2 is 2.08 bits per heavy atom. The van der Waals surface area contributed by atoms with E-state index in [1.807, 2.05) is 12.1 Å². The van der Waals surface area contributed by atoms with Crippen LogP contribution in [0.3, 0.4) is 0 Å². The Kier molecular flexibility index (Phi) is 4.87. The van der Waals surface area contributed by atoms with Gasteiger partial charge in [-0.05, 0) is 25.0 Å². The van der Waals surface area contributed by atoms with Crippen molar-refractivity contribution in [3.05, 3.63) is 42.1 Å². The van der Waals surface area contributed by atoms with Crippen LogP contribution in [0.1, 0.15) is 29.2 Å². The topological polar surface area (TPSA) is 93.9 Å². The Morgan fingerprint density at radius 3 is 2.76 bits per heavy atom. The van der Waals surface area contributed by atoms with Crippen molar-refractivity contribution in [3.8, 4) is 5.75 Å². The summed E-state index contributed by atoms with van der Waals surface area (Å²) in [6.45, 7) is 0.169. The second-order valence-corrected chi connectivity index (χ2v) is 5.61. The van der Waals surface area contributed by atoms with Gasteiger partial charge in [0.05, 0.1) is 26.5 Å². The number of nitrogens with zero attached hydrogens (tertiary/aromatic N) is 2. The van der Waals surface area contributed by atoms with Crippen molar-refractivity contribution >= 4 is 17.7 Å². The van der Waals surface area contributed by atoms with E-state index in [0.717, 1.165) is 12.8 Å². The van der Waals surface area contributed by atoms with Crippen molar-refractivity contribution in [1.29, 1.82) is 0 Å². The van der Waals surface area contributed by atoms with Crippen LogP contribution in [-0.4, -0.2) is 42.1 Å². The number of esters is 1. The summed E-state index contributed by atoms with van der Waals surface area (Å²) >= 11 is 0. The summed E-state index contributed by atoms with van der Waals surface area (Å²) in [6.07, 6.45) is 3.07. The van der Waals surface area contributed by atoms with Gasteiger partial charge >= 0.3 is 12.0 Å². The summed E-state index contributed by atoms with van der Waals surface area (Å²) in [4.78, 5) is 29.8. The summed E-state index contributed by atoms with van der Waals surface area (Å²) in [7, 11) is 2.82. The van der Waals surface area contributed by atoms with Crippen LogP contribution in [0, 0.1) is 0 Å². The molecule has 1 aliphatic rings. The minimum Gasteiger partial charge on any atom is -0.495 e. The highest BCUT2D eigenvalue weighted by Gasteiger charge is 2.34. The van der Waals surface area contributed by atoms with Gasteiger partial charge in [0.2, 0.25) is 5.89 Å². The lowest BCUT2D eigenvalue weighted by atomic mass is 10.3. The lowest BCUT2D eigenvalue weighted by molar-refractivity contribution is 0.0594. The minimum atomic E-state index is -0.577. The van der Waals surface area contributed by atoms with Gasteiger partial charge in [-0.1, -0.05) is 12.1 Å². The summed E-state index contributed by atoms with van der Waals surface area (Å²) in [6, 6.07) is 7.04. The lowest BCUT2D eigenvalue weighted by Crippen LogP contribution is -2.36. The van der Waals surface area contributed by atoms with Crippen LogP contribution >= 0.6 is 0 Å². The van der Waals surface area contributed by atoms with E-state index in [-0.39, 0.29) is 30.2 Å².